The molecular weight excluding hydrogens is 318 g/mol. The Bertz CT molecular complexity index is 610. The highest BCUT2D eigenvalue weighted by atomic mass is 79.9. The van der Waals surface area contributed by atoms with Crippen molar-refractivity contribution in [3.05, 3.63) is 28.7 Å². The molecule has 0 N–H and O–H groups in total. The monoisotopic (exact) mass is 335 g/mol. The highest BCUT2D eigenvalue weighted by Crippen LogP contribution is 2.60. The molecule has 2 fully saturated rings. The van der Waals surface area contributed by atoms with Crippen molar-refractivity contribution in [1.82, 2.24) is 0 Å². The SMILES string of the molecule is CC1(C)[C@H]2CC[C@]1(C)C(=O)N(c1cccc(Br)c1)C2=O. The van der Waals surface area contributed by atoms with E-state index in [4.69, 9.17) is 0 Å². The minimum atomic E-state index is -0.451. The van der Waals surface area contributed by atoms with Gasteiger partial charge in [0.15, 0.2) is 0 Å². The quantitative estimate of drug-likeness (QED) is 0.732. The van der Waals surface area contributed by atoms with Crippen molar-refractivity contribution in [3.63, 3.8) is 0 Å². The molecule has 2 amide bonds. The van der Waals surface area contributed by atoms with Crippen LogP contribution in [0.4, 0.5) is 5.69 Å². The number of rotatable bonds is 1. The van der Waals surface area contributed by atoms with Crippen molar-refractivity contribution in [1.29, 1.82) is 0 Å². The Labute approximate surface area is 127 Å². The number of hydrogen-bond donors (Lipinski definition) is 0. The van der Waals surface area contributed by atoms with Crippen LogP contribution in [-0.4, -0.2) is 11.8 Å². The molecule has 106 valence electrons. The summed E-state index contributed by atoms with van der Waals surface area (Å²) in [5.74, 6) is -0.170. The first-order valence-electron chi connectivity index (χ1n) is 6.93. The first kappa shape index (κ1) is 13.8. The molecule has 1 aliphatic heterocycles. The van der Waals surface area contributed by atoms with E-state index in [1.807, 2.05) is 31.2 Å². The number of halogens is 1. The Kier molecular flexibility index (Phi) is 2.88. The van der Waals surface area contributed by atoms with Crippen LogP contribution in [0.1, 0.15) is 33.6 Å². The molecule has 2 atom stereocenters. The molecule has 1 heterocycles. The molecule has 4 heteroatoms. The average molecular weight is 336 g/mol. The molecule has 0 unspecified atom stereocenters. The van der Waals surface area contributed by atoms with Gasteiger partial charge in [-0.05, 0) is 36.5 Å². The number of benzene rings is 1. The number of amides is 2. The number of carbonyl (C=O) groups excluding carboxylic acids is 2. The van der Waals surface area contributed by atoms with Gasteiger partial charge in [-0.1, -0.05) is 42.8 Å². The second kappa shape index (κ2) is 4.17. The lowest BCUT2D eigenvalue weighted by atomic mass is 9.62. The molecule has 2 bridgehead atoms. The maximum atomic E-state index is 12.9. The number of piperidine rings is 1. The molecule has 1 aromatic rings. The lowest BCUT2D eigenvalue weighted by Gasteiger charge is -2.47. The third kappa shape index (κ3) is 1.57. The number of imide groups is 1. The number of fused-ring (bicyclic) bond motifs is 2. The van der Waals surface area contributed by atoms with Gasteiger partial charge in [0, 0.05) is 10.4 Å². The zero-order valence-electron chi connectivity index (χ0n) is 11.9. The summed E-state index contributed by atoms with van der Waals surface area (Å²) in [6.07, 6.45) is 1.60. The normalized spacial score (nSPS) is 31.8. The molecule has 3 nitrogen and oxygen atoms in total. The molecule has 1 aromatic carbocycles. The maximum Gasteiger partial charge on any atom is 0.240 e. The average Bonchev–Trinajstić information content (AvgIpc) is 2.54. The van der Waals surface area contributed by atoms with Gasteiger partial charge in [0.05, 0.1) is 11.1 Å². The molecule has 0 spiro atoms. The van der Waals surface area contributed by atoms with Gasteiger partial charge in [0.1, 0.15) is 0 Å². The third-order valence-corrected chi connectivity index (χ3v) is 5.98. The molecule has 1 saturated carbocycles. The van der Waals surface area contributed by atoms with Crippen LogP contribution in [0.25, 0.3) is 0 Å². The van der Waals surface area contributed by atoms with E-state index < -0.39 is 5.41 Å². The smallest absolute Gasteiger partial charge is 0.240 e. The highest BCUT2D eigenvalue weighted by Gasteiger charge is 2.64. The molecule has 2 aliphatic rings. The number of anilines is 1. The fourth-order valence-electron chi connectivity index (χ4n) is 3.68. The topological polar surface area (TPSA) is 37.4 Å². The molecule has 0 aromatic heterocycles. The van der Waals surface area contributed by atoms with Crippen LogP contribution in [0.15, 0.2) is 28.7 Å². The van der Waals surface area contributed by atoms with Gasteiger partial charge in [0.25, 0.3) is 0 Å². The van der Waals surface area contributed by atoms with Crippen molar-refractivity contribution in [2.24, 2.45) is 16.7 Å². The van der Waals surface area contributed by atoms with Gasteiger partial charge < -0.3 is 0 Å². The first-order chi connectivity index (χ1) is 9.29. The van der Waals surface area contributed by atoms with E-state index in [1.165, 1.54) is 4.90 Å². The molecule has 3 rings (SSSR count). The Morgan fingerprint density at radius 3 is 2.60 bits per heavy atom. The van der Waals surface area contributed by atoms with Crippen LogP contribution in [-0.2, 0) is 9.59 Å². The number of carbonyl (C=O) groups is 2. The van der Waals surface area contributed by atoms with Crippen LogP contribution in [0.3, 0.4) is 0 Å². The van der Waals surface area contributed by atoms with Crippen molar-refractivity contribution in [3.8, 4) is 0 Å². The molecular formula is C16H18BrNO2. The standard InChI is InChI=1S/C16H18BrNO2/c1-15(2)12-7-8-16(15,3)14(20)18(13(12)19)11-6-4-5-10(17)9-11/h4-6,9,12H,7-8H2,1-3H3/t12-,16+/m0/s1. The number of nitrogens with zero attached hydrogens (tertiary/aromatic N) is 1. The summed E-state index contributed by atoms with van der Waals surface area (Å²) < 4.78 is 0.873. The van der Waals surface area contributed by atoms with E-state index in [0.717, 1.165) is 17.3 Å². The number of hydrogen-bond acceptors (Lipinski definition) is 2. The molecule has 1 saturated heterocycles. The minimum Gasteiger partial charge on any atom is -0.274 e. The Balaban J connectivity index is 2.12. The van der Waals surface area contributed by atoms with Crippen molar-refractivity contribution < 1.29 is 9.59 Å². The van der Waals surface area contributed by atoms with Gasteiger partial charge in [-0.2, -0.15) is 0 Å². The minimum absolute atomic E-state index is 0.0481. The largest absolute Gasteiger partial charge is 0.274 e. The van der Waals surface area contributed by atoms with Crippen molar-refractivity contribution >= 4 is 33.4 Å². The van der Waals surface area contributed by atoms with Gasteiger partial charge in [0.2, 0.25) is 11.8 Å². The van der Waals surface area contributed by atoms with Crippen LogP contribution in [0.2, 0.25) is 0 Å². The zero-order valence-corrected chi connectivity index (χ0v) is 13.5. The second-order valence-corrected chi connectivity index (χ2v) is 7.52. The van der Waals surface area contributed by atoms with E-state index in [9.17, 15) is 9.59 Å². The van der Waals surface area contributed by atoms with E-state index in [1.54, 1.807) is 0 Å². The van der Waals surface area contributed by atoms with Gasteiger partial charge in [-0.25, -0.2) is 4.90 Å². The summed E-state index contributed by atoms with van der Waals surface area (Å²) >= 11 is 3.40. The van der Waals surface area contributed by atoms with Crippen LogP contribution in [0.5, 0.6) is 0 Å². The third-order valence-electron chi connectivity index (χ3n) is 5.49. The molecule has 0 radical (unpaired) electrons. The summed E-state index contributed by atoms with van der Waals surface area (Å²) in [5, 5.41) is 0. The predicted molar refractivity (Wildman–Crippen MR) is 81.2 cm³/mol. The predicted octanol–water partition coefficient (Wildman–Crippen LogP) is 3.76. The van der Waals surface area contributed by atoms with Crippen LogP contribution < -0.4 is 4.90 Å². The Morgan fingerprint density at radius 1 is 1.25 bits per heavy atom. The maximum absolute atomic E-state index is 12.9. The highest BCUT2D eigenvalue weighted by molar-refractivity contribution is 9.10. The summed E-state index contributed by atoms with van der Waals surface area (Å²) in [6, 6.07) is 7.39. The zero-order chi connectivity index (χ0) is 14.7. The van der Waals surface area contributed by atoms with E-state index >= 15 is 0 Å². The first-order valence-corrected chi connectivity index (χ1v) is 7.72. The van der Waals surface area contributed by atoms with Gasteiger partial charge in [-0.3, -0.25) is 9.59 Å². The Morgan fingerprint density at radius 2 is 1.95 bits per heavy atom. The second-order valence-electron chi connectivity index (χ2n) is 6.60. The lowest BCUT2D eigenvalue weighted by Crippen LogP contribution is -2.59. The van der Waals surface area contributed by atoms with E-state index in [-0.39, 0.29) is 23.1 Å². The van der Waals surface area contributed by atoms with Crippen molar-refractivity contribution in [2.45, 2.75) is 33.6 Å². The molecule has 1 aliphatic carbocycles. The summed E-state index contributed by atoms with van der Waals surface area (Å²) in [4.78, 5) is 27.1. The fraction of sp³-hybridized carbons (Fsp3) is 0.500. The fourth-order valence-corrected chi connectivity index (χ4v) is 4.06. The molecule has 20 heavy (non-hydrogen) atoms. The van der Waals surface area contributed by atoms with Gasteiger partial charge in [-0.15, -0.1) is 0 Å². The lowest BCUT2D eigenvalue weighted by molar-refractivity contribution is -0.146. The van der Waals surface area contributed by atoms with Crippen molar-refractivity contribution in [2.75, 3.05) is 4.90 Å². The van der Waals surface area contributed by atoms with Crippen LogP contribution >= 0.6 is 15.9 Å². The summed E-state index contributed by atoms with van der Waals surface area (Å²) in [5.41, 5.74) is -0.0413. The van der Waals surface area contributed by atoms with E-state index in [0.29, 0.717) is 5.69 Å². The summed E-state index contributed by atoms with van der Waals surface area (Å²) in [6.45, 7) is 6.12. The summed E-state index contributed by atoms with van der Waals surface area (Å²) in [7, 11) is 0. The van der Waals surface area contributed by atoms with E-state index in [2.05, 4.69) is 29.8 Å². The Hall–Kier alpha value is -1.16. The van der Waals surface area contributed by atoms with Gasteiger partial charge >= 0.3 is 0 Å². The van der Waals surface area contributed by atoms with Crippen LogP contribution in [0, 0.1) is 16.7 Å².